The van der Waals surface area contributed by atoms with Gasteiger partial charge in [0.15, 0.2) is 0 Å². The second-order valence-corrected chi connectivity index (χ2v) is 5.16. The van der Waals surface area contributed by atoms with Crippen LogP contribution in [-0.2, 0) is 22.3 Å². The van der Waals surface area contributed by atoms with Crippen LogP contribution in [0.25, 0.3) is 0 Å². The fourth-order valence-corrected chi connectivity index (χ4v) is 2.66. The van der Waals surface area contributed by atoms with E-state index >= 15 is 0 Å². The number of sulfonamides is 1. The van der Waals surface area contributed by atoms with Crippen LogP contribution in [0.5, 0.6) is 0 Å². The zero-order chi connectivity index (χ0) is 9.47. The summed E-state index contributed by atoms with van der Waals surface area (Å²) < 4.78 is 24.9. The van der Waals surface area contributed by atoms with Crippen LogP contribution < -0.4 is 4.72 Å². The molecule has 13 heavy (non-hydrogen) atoms. The van der Waals surface area contributed by atoms with E-state index in [4.69, 9.17) is 0 Å². The first kappa shape index (κ1) is 8.72. The summed E-state index contributed by atoms with van der Waals surface area (Å²) in [5.41, 5.74) is 3.12. The molecule has 1 heterocycles. The van der Waals surface area contributed by atoms with Gasteiger partial charge >= 0.3 is 0 Å². The van der Waals surface area contributed by atoms with Crippen molar-refractivity contribution in [2.24, 2.45) is 0 Å². The summed E-state index contributed by atoms with van der Waals surface area (Å²) in [7, 11) is -3.06. The van der Waals surface area contributed by atoms with Gasteiger partial charge in [0, 0.05) is 6.54 Å². The number of aryl methyl sites for hydroxylation is 1. The summed E-state index contributed by atoms with van der Waals surface area (Å²) in [4.78, 5) is 0. The van der Waals surface area contributed by atoms with Crippen LogP contribution >= 0.6 is 0 Å². The summed E-state index contributed by atoms with van der Waals surface area (Å²) in [6.07, 6.45) is 0. The molecule has 1 aromatic carbocycles. The van der Waals surface area contributed by atoms with E-state index in [1.807, 2.05) is 25.1 Å². The van der Waals surface area contributed by atoms with Gasteiger partial charge in [0.25, 0.3) is 0 Å². The van der Waals surface area contributed by atoms with E-state index < -0.39 is 10.0 Å². The maximum absolute atomic E-state index is 11.2. The van der Waals surface area contributed by atoms with Crippen molar-refractivity contribution in [2.45, 2.75) is 19.2 Å². The first-order valence-corrected chi connectivity index (χ1v) is 5.78. The van der Waals surface area contributed by atoms with Crippen molar-refractivity contribution in [1.29, 1.82) is 0 Å². The second kappa shape index (κ2) is 2.82. The van der Waals surface area contributed by atoms with Gasteiger partial charge in [-0.25, -0.2) is 13.1 Å². The standard InChI is InChI=1S/C9H11NO2S/c1-7-2-3-8-5-10-13(11,12)6-9(8)4-7/h2-4,10H,5-6H2,1H3. The monoisotopic (exact) mass is 197 g/mol. The van der Waals surface area contributed by atoms with Gasteiger partial charge in [-0.3, -0.25) is 0 Å². The van der Waals surface area contributed by atoms with Crippen LogP contribution in [0.2, 0.25) is 0 Å². The van der Waals surface area contributed by atoms with Crippen LogP contribution in [-0.4, -0.2) is 8.42 Å². The highest BCUT2D eigenvalue weighted by atomic mass is 32.2. The van der Waals surface area contributed by atoms with Crippen molar-refractivity contribution >= 4 is 10.0 Å². The Kier molecular flexibility index (Phi) is 1.89. The molecular weight excluding hydrogens is 186 g/mol. The Bertz CT molecular complexity index is 437. The van der Waals surface area contributed by atoms with E-state index in [0.29, 0.717) is 6.54 Å². The third kappa shape index (κ3) is 1.73. The highest BCUT2D eigenvalue weighted by Crippen LogP contribution is 2.18. The molecule has 0 aliphatic carbocycles. The lowest BCUT2D eigenvalue weighted by atomic mass is 10.1. The maximum atomic E-state index is 11.2. The summed E-state index contributed by atoms with van der Waals surface area (Å²) in [6, 6.07) is 5.92. The molecule has 0 unspecified atom stereocenters. The first-order valence-electron chi connectivity index (χ1n) is 4.12. The molecule has 0 bridgehead atoms. The third-order valence-electron chi connectivity index (χ3n) is 2.19. The van der Waals surface area contributed by atoms with Gasteiger partial charge in [-0.15, -0.1) is 0 Å². The molecule has 0 saturated heterocycles. The average molecular weight is 197 g/mol. The lowest BCUT2D eigenvalue weighted by Gasteiger charge is -2.17. The number of rotatable bonds is 0. The molecule has 3 nitrogen and oxygen atoms in total. The van der Waals surface area contributed by atoms with Crippen LogP contribution in [0.1, 0.15) is 16.7 Å². The zero-order valence-electron chi connectivity index (χ0n) is 7.37. The quantitative estimate of drug-likeness (QED) is 0.672. The number of hydrogen-bond donors (Lipinski definition) is 1. The lowest BCUT2D eigenvalue weighted by molar-refractivity contribution is 0.575. The van der Waals surface area contributed by atoms with E-state index in [1.54, 1.807) is 0 Å². The van der Waals surface area contributed by atoms with Gasteiger partial charge in [-0.2, -0.15) is 0 Å². The molecule has 1 aliphatic heterocycles. The molecule has 1 N–H and O–H groups in total. The molecule has 1 aromatic rings. The van der Waals surface area contributed by atoms with Crippen molar-refractivity contribution in [1.82, 2.24) is 4.72 Å². The average Bonchev–Trinajstić information content (AvgIpc) is 2.01. The van der Waals surface area contributed by atoms with E-state index in [2.05, 4.69) is 4.72 Å². The third-order valence-corrected chi connectivity index (χ3v) is 3.47. The van der Waals surface area contributed by atoms with Gasteiger partial charge in [-0.1, -0.05) is 23.8 Å². The number of benzene rings is 1. The Morgan fingerprint density at radius 2 is 2.08 bits per heavy atom. The summed E-state index contributed by atoms with van der Waals surface area (Å²) in [5, 5.41) is 0. The summed E-state index contributed by atoms with van der Waals surface area (Å²) >= 11 is 0. The topological polar surface area (TPSA) is 46.2 Å². The molecule has 0 amide bonds. The minimum absolute atomic E-state index is 0.115. The molecule has 0 saturated carbocycles. The van der Waals surface area contributed by atoms with Gasteiger partial charge in [-0.05, 0) is 18.1 Å². The Hall–Kier alpha value is -0.870. The maximum Gasteiger partial charge on any atom is 0.216 e. The molecule has 0 atom stereocenters. The Morgan fingerprint density at radius 3 is 2.85 bits per heavy atom. The van der Waals surface area contributed by atoms with Crippen LogP contribution in [0.3, 0.4) is 0 Å². The minimum atomic E-state index is -3.06. The fourth-order valence-electron chi connectivity index (χ4n) is 1.50. The zero-order valence-corrected chi connectivity index (χ0v) is 8.19. The number of hydrogen-bond acceptors (Lipinski definition) is 2. The Balaban J connectivity index is 2.50. The van der Waals surface area contributed by atoms with Crippen molar-refractivity contribution < 1.29 is 8.42 Å². The summed E-state index contributed by atoms with van der Waals surface area (Å²) in [6.45, 7) is 2.40. The van der Waals surface area contributed by atoms with E-state index in [9.17, 15) is 8.42 Å². The molecule has 0 fully saturated rings. The van der Waals surface area contributed by atoms with Crippen molar-refractivity contribution in [3.63, 3.8) is 0 Å². The van der Waals surface area contributed by atoms with Gasteiger partial charge in [0.1, 0.15) is 0 Å². The predicted molar refractivity (Wildman–Crippen MR) is 50.6 cm³/mol. The van der Waals surface area contributed by atoms with Crippen LogP contribution in [0.4, 0.5) is 0 Å². The van der Waals surface area contributed by atoms with Crippen LogP contribution in [0.15, 0.2) is 18.2 Å². The summed E-state index contributed by atoms with van der Waals surface area (Å²) in [5.74, 6) is 0.115. The lowest BCUT2D eigenvalue weighted by Crippen LogP contribution is -2.30. The Morgan fingerprint density at radius 1 is 1.31 bits per heavy atom. The fraction of sp³-hybridized carbons (Fsp3) is 0.333. The predicted octanol–water partition coefficient (Wildman–Crippen LogP) is 0.928. The van der Waals surface area contributed by atoms with E-state index in [1.165, 1.54) is 0 Å². The van der Waals surface area contributed by atoms with Gasteiger partial charge in [0.05, 0.1) is 5.75 Å². The van der Waals surface area contributed by atoms with Crippen molar-refractivity contribution in [3.8, 4) is 0 Å². The number of nitrogens with one attached hydrogen (secondary N) is 1. The molecule has 0 radical (unpaired) electrons. The number of fused-ring (bicyclic) bond motifs is 1. The van der Waals surface area contributed by atoms with E-state index in [-0.39, 0.29) is 5.75 Å². The molecule has 4 heteroatoms. The van der Waals surface area contributed by atoms with Crippen molar-refractivity contribution in [2.75, 3.05) is 0 Å². The van der Waals surface area contributed by atoms with Gasteiger partial charge in [0.2, 0.25) is 10.0 Å². The molecule has 0 aromatic heterocycles. The second-order valence-electron chi connectivity index (χ2n) is 3.35. The normalized spacial score (nSPS) is 19.5. The van der Waals surface area contributed by atoms with Gasteiger partial charge < -0.3 is 0 Å². The molecule has 2 rings (SSSR count). The largest absolute Gasteiger partial charge is 0.216 e. The molecule has 70 valence electrons. The molecular formula is C9H11NO2S. The van der Waals surface area contributed by atoms with E-state index in [0.717, 1.165) is 16.7 Å². The Labute approximate surface area is 77.8 Å². The highest BCUT2D eigenvalue weighted by molar-refractivity contribution is 7.88. The first-order chi connectivity index (χ1) is 6.07. The molecule has 1 aliphatic rings. The SMILES string of the molecule is Cc1ccc2c(c1)CS(=O)(=O)NC2. The molecule has 0 spiro atoms. The smallest absolute Gasteiger partial charge is 0.212 e. The minimum Gasteiger partial charge on any atom is -0.212 e. The van der Waals surface area contributed by atoms with Crippen LogP contribution in [0, 0.1) is 6.92 Å². The van der Waals surface area contributed by atoms with Crippen molar-refractivity contribution in [3.05, 3.63) is 34.9 Å². The highest BCUT2D eigenvalue weighted by Gasteiger charge is 2.19.